The molecule has 2 rings (SSSR count). The van der Waals surface area contributed by atoms with Crippen molar-refractivity contribution < 1.29 is 8.98 Å². The molecule has 0 radical (unpaired) electrons. The molecule has 2 nitrogen and oxygen atoms in total. The molecule has 0 bridgehead atoms. The first-order chi connectivity index (χ1) is 4.88. The van der Waals surface area contributed by atoms with Gasteiger partial charge in [-0.15, -0.1) is 0 Å². The van der Waals surface area contributed by atoms with Crippen molar-refractivity contribution in [3.63, 3.8) is 0 Å². The van der Waals surface area contributed by atoms with E-state index in [2.05, 4.69) is 0 Å². The molecule has 0 saturated heterocycles. The third-order valence-corrected chi connectivity index (χ3v) is 1.58. The van der Waals surface area contributed by atoms with Crippen molar-refractivity contribution in [2.45, 2.75) is 0 Å². The van der Waals surface area contributed by atoms with Crippen LogP contribution in [0.25, 0.3) is 11.1 Å². The van der Waals surface area contributed by atoms with Crippen molar-refractivity contribution in [3.05, 3.63) is 30.7 Å². The number of nitrogens with zero attached hydrogens (tertiary/aromatic N) is 1. The highest BCUT2D eigenvalue weighted by molar-refractivity contribution is 5.67. The molecule has 1 aromatic heterocycles. The first-order valence-electron chi connectivity index (χ1n) is 3.20. The van der Waals surface area contributed by atoms with E-state index in [1.165, 1.54) is 0 Å². The Morgan fingerprint density at radius 2 is 2.10 bits per heavy atom. The first-order valence-corrected chi connectivity index (χ1v) is 3.20. The lowest BCUT2D eigenvalue weighted by Crippen LogP contribution is -2.24. The molecule has 0 atom stereocenters. The Hall–Kier alpha value is -1.31. The van der Waals surface area contributed by atoms with Crippen molar-refractivity contribution >= 4 is 11.1 Å². The Morgan fingerprint density at radius 3 is 2.90 bits per heavy atom. The monoisotopic (exact) mass is 134 g/mol. The van der Waals surface area contributed by atoms with Gasteiger partial charge in [0, 0.05) is 6.07 Å². The average molecular weight is 134 g/mol. The Morgan fingerprint density at radius 1 is 1.30 bits per heavy atom. The van der Waals surface area contributed by atoms with E-state index in [0.29, 0.717) is 0 Å². The minimum absolute atomic E-state index is 0.935. The third-order valence-electron chi connectivity index (χ3n) is 1.58. The number of benzene rings is 1. The highest BCUT2D eigenvalue weighted by Crippen LogP contribution is 2.07. The van der Waals surface area contributed by atoms with Gasteiger partial charge in [-0.25, -0.2) is 0 Å². The molecular weight excluding hydrogens is 126 g/mol. The van der Waals surface area contributed by atoms with Crippen LogP contribution in [0.1, 0.15) is 0 Å². The summed E-state index contributed by atoms with van der Waals surface area (Å²) in [5.74, 6) is 0. The van der Waals surface area contributed by atoms with E-state index >= 15 is 0 Å². The van der Waals surface area contributed by atoms with Crippen LogP contribution < -0.4 is 4.57 Å². The zero-order valence-electron chi connectivity index (χ0n) is 5.74. The van der Waals surface area contributed by atoms with E-state index in [-0.39, 0.29) is 0 Å². The minimum atomic E-state index is 0.935. The van der Waals surface area contributed by atoms with E-state index in [0.717, 1.165) is 11.1 Å². The third kappa shape index (κ3) is 0.620. The Bertz CT molecular complexity index is 351. The van der Waals surface area contributed by atoms with Crippen LogP contribution in [0.15, 0.2) is 35.1 Å². The molecule has 1 aromatic carbocycles. The van der Waals surface area contributed by atoms with E-state index in [4.69, 9.17) is 4.42 Å². The van der Waals surface area contributed by atoms with Gasteiger partial charge in [-0.2, -0.15) is 4.57 Å². The summed E-state index contributed by atoms with van der Waals surface area (Å²) >= 11 is 0. The quantitative estimate of drug-likeness (QED) is 0.496. The number of aryl methyl sites for hydroxylation is 1. The molecule has 2 aromatic rings. The van der Waals surface area contributed by atoms with Gasteiger partial charge in [0.05, 0.1) is 0 Å². The fourth-order valence-corrected chi connectivity index (χ4v) is 1.04. The largest absolute Gasteiger partial charge is 0.404 e. The smallest absolute Gasteiger partial charge is 0.335 e. The molecule has 2 heteroatoms. The standard InChI is InChI=1S/C8H8NO/c1-9-6-10-8-5-3-2-4-7(8)9/h2-6H,1H3/q+1. The molecule has 0 saturated carbocycles. The highest BCUT2D eigenvalue weighted by Gasteiger charge is 2.05. The minimum Gasteiger partial charge on any atom is -0.404 e. The van der Waals surface area contributed by atoms with Crippen LogP contribution in [0.5, 0.6) is 0 Å². The van der Waals surface area contributed by atoms with Gasteiger partial charge in [0.1, 0.15) is 7.05 Å². The van der Waals surface area contributed by atoms with Crippen molar-refractivity contribution in [2.75, 3.05) is 0 Å². The predicted molar refractivity (Wildman–Crippen MR) is 37.4 cm³/mol. The zero-order valence-corrected chi connectivity index (χ0v) is 5.74. The Kier molecular flexibility index (Phi) is 1.01. The molecule has 0 amide bonds. The lowest BCUT2D eigenvalue weighted by atomic mass is 10.3. The second kappa shape index (κ2) is 1.84. The van der Waals surface area contributed by atoms with Crippen molar-refractivity contribution in [1.29, 1.82) is 0 Å². The summed E-state index contributed by atoms with van der Waals surface area (Å²) in [7, 11) is 1.96. The van der Waals surface area contributed by atoms with E-state index in [1.54, 1.807) is 6.39 Å². The fourth-order valence-electron chi connectivity index (χ4n) is 1.04. The molecule has 1 heterocycles. The Balaban J connectivity index is 2.93. The molecular formula is C8H8NO+. The van der Waals surface area contributed by atoms with Crippen LogP contribution in [0.2, 0.25) is 0 Å². The molecule has 0 spiro atoms. The van der Waals surface area contributed by atoms with Crippen LogP contribution in [-0.2, 0) is 7.05 Å². The maximum Gasteiger partial charge on any atom is 0.335 e. The number of rotatable bonds is 0. The van der Waals surface area contributed by atoms with Crippen LogP contribution in [0.4, 0.5) is 0 Å². The van der Waals surface area contributed by atoms with Crippen LogP contribution in [-0.4, -0.2) is 0 Å². The number of oxazole rings is 1. The number of para-hydroxylation sites is 2. The van der Waals surface area contributed by atoms with Gasteiger partial charge in [-0.05, 0) is 6.07 Å². The van der Waals surface area contributed by atoms with Gasteiger partial charge in [0.15, 0.2) is 0 Å². The molecule has 0 unspecified atom stereocenters. The molecule has 0 aliphatic carbocycles. The molecule has 0 fully saturated rings. The van der Waals surface area contributed by atoms with Gasteiger partial charge in [-0.3, -0.25) is 0 Å². The summed E-state index contributed by atoms with van der Waals surface area (Å²) in [6.07, 6.45) is 1.70. The normalized spacial score (nSPS) is 10.5. The molecule has 50 valence electrons. The van der Waals surface area contributed by atoms with Crippen LogP contribution in [0.3, 0.4) is 0 Å². The van der Waals surface area contributed by atoms with Crippen LogP contribution >= 0.6 is 0 Å². The van der Waals surface area contributed by atoms with Crippen LogP contribution in [0, 0.1) is 0 Å². The fraction of sp³-hybridized carbons (Fsp3) is 0.125. The van der Waals surface area contributed by atoms with E-state index < -0.39 is 0 Å². The number of hydrogen-bond donors (Lipinski definition) is 0. The predicted octanol–water partition coefficient (Wildman–Crippen LogP) is 1.26. The van der Waals surface area contributed by atoms with Gasteiger partial charge in [0.25, 0.3) is 5.52 Å². The summed E-state index contributed by atoms with van der Waals surface area (Å²) in [6.45, 7) is 0. The molecule has 0 N–H and O–H groups in total. The zero-order chi connectivity index (χ0) is 6.97. The summed E-state index contributed by atoms with van der Waals surface area (Å²) in [5, 5.41) is 0. The molecule has 10 heavy (non-hydrogen) atoms. The second-order valence-corrected chi connectivity index (χ2v) is 2.30. The van der Waals surface area contributed by atoms with E-state index in [9.17, 15) is 0 Å². The van der Waals surface area contributed by atoms with Crippen molar-refractivity contribution in [3.8, 4) is 0 Å². The summed E-state index contributed by atoms with van der Waals surface area (Å²) in [6, 6.07) is 7.94. The lowest BCUT2D eigenvalue weighted by molar-refractivity contribution is -0.650. The molecule has 0 aliphatic heterocycles. The topological polar surface area (TPSA) is 17.0 Å². The summed E-state index contributed by atoms with van der Waals surface area (Å²) < 4.78 is 7.17. The maximum atomic E-state index is 5.21. The van der Waals surface area contributed by atoms with Gasteiger partial charge >= 0.3 is 6.39 Å². The van der Waals surface area contributed by atoms with E-state index in [1.807, 2.05) is 35.9 Å². The average Bonchev–Trinajstić information content (AvgIpc) is 2.34. The van der Waals surface area contributed by atoms with Crippen molar-refractivity contribution in [1.82, 2.24) is 0 Å². The first kappa shape index (κ1) is 5.47. The molecule has 0 aliphatic rings. The number of fused-ring (bicyclic) bond motifs is 1. The number of aromatic nitrogens is 1. The highest BCUT2D eigenvalue weighted by atomic mass is 16.3. The number of hydrogen-bond acceptors (Lipinski definition) is 1. The van der Waals surface area contributed by atoms with Gasteiger partial charge < -0.3 is 4.42 Å². The lowest BCUT2D eigenvalue weighted by Gasteiger charge is -1.78. The summed E-state index contributed by atoms with van der Waals surface area (Å²) in [4.78, 5) is 0. The maximum absolute atomic E-state index is 5.21. The summed E-state index contributed by atoms with van der Waals surface area (Å²) in [5.41, 5.74) is 2.06. The second-order valence-electron chi connectivity index (χ2n) is 2.30. The SMILES string of the molecule is C[n+]1coc2ccccc21. The Labute approximate surface area is 58.7 Å². The van der Waals surface area contributed by atoms with Gasteiger partial charge in [0.2, 0.25) is 5.58 Å². The van der Waals surface area contributed by atoms with Gasteiger partial charge in [-0.1, -0.05) is 12.1 Å². The van der Waals surface area contributed by atoms with Crippen molar-refractivity contribution in [2.24, 2.45) is 7.05 Å².